The first-order valence-electron chi connectivity index (χ1n) is 20.7. The van der Waals surface area contributed by atoms with Crippen molar-refractivity contribution in [1.29, 1.82) is 0 Å². The summed E-state index contributed by atoms with van der Waals surface area (Å²) in [5.41, 5.74) is 4.00. The molecule has 13 heteroatoms. The second kappa shape index (κ2) is 15.8. The van der Waals surface area contributed by atoms with Crippen molar-refractivity contribution in [3.63, 3.8) is 0 Å². The average Bonchev–Trinajstić information content (AvgIpc) is 3.65. The van der Waals surface area contributed by atoms with E-state index in [4.69, 9.17) is 22.9 Å². The predicted octanol–water partition coefficient (Wildman–Crippen LogP) is 6.60. The van der Waals surface area contributed by atoms with Crippen LogP contribution in [-0.2, 0) is 9.59 Å². The van der Waals surface area contributed by atoms with Gasteiger partial charge in [0.2, 0.25) is 17.5 Å². The highest BCUT2D eigenvalue weighted by atomic mass is 35.5. The number of benzene rings is 3. The van der Waals surface area contributed by atoms with Crippen LogP contribution in [0.1, 0.15) is 107 Å². The number of imide groups is 2. The first kappa shape index (κ1) is 38.3. The third-order valence-corrected chi connectivity index (χ3v) is 13.7. The van der Waals surface area contributed by atoms with Crippen LogP contribution >= 0.6 is 11.6 Å². The van der Waals surface area contributed by atoms with E-state index >= 15 is 0 Å². The highest BCUT2D eigenvalue weighted by Gasteiger charge is 2.46. The largest absolute Gasteiger partial charge is 0.490 e. The molecule has 0 saturated carbocycles. The number of carbonyl (C=O) groups is 5. The maximum atomic E-state index is 13.8. The van der Waals surface area contributed by atoms with Crippen LogP contribution in [0, 0.1) is 12.5 Å². The van der Waals surface area contributed by atoms with Crippen LogP contribution in [0.25, 0.3) is 4.85 Å². The van der Waals surface area contributed by atoms with Gasteiger partial charge in [-0.15, -0.1) is 0 Å². The van der Waals surface area contributed by atoms with Crippen molar-refractivity contribution in [2.45, 2.75) is 94.4 Å². The van der Waals surface area contributed by atoms with Gasteiger partial charge in [0.25, 0.3) is 17.7 Å². The monoisotopic (exact) mass is 802 g/mol. The molecule has 3 atom stereocenters. The Morgan fingerprint density at radius 2 is 1.52 bits per heavy atom. The van der Waals surface area contributed by atoms with Crippen molar-refractivity contribution < 1.29 is 28.7 Å². The lowest BCUT2D eigenvalue weighted by atomic mass is 9.87. The van der Waals surface area contributed by atoms with Gasteiger partial charge in [-0.1, -0.05) is 29.8 Å². The number of ether oxygens (including phenoxy) is 1. The Morgan fingerprint density at radius 3 is 2.19 bits per heavy atom. The molecule has 0 spiro atoms. The molecule has 9 rings (SSSR count). The average molecular weight is 803 g/mol. The van der Waals surface area contributed by atoms with E-state index in [-0.39, 0.29) is 42.8 Å². The number of hydrogen-bond acceptors (Lipinski definition) is 8. The van der Waals surface area contributed by atoms with Gasteiger partial charge < -0.3 is 19.4 Å². The van der Waals surface area contributed by atoms with E-state index in [1.807, 2.05) is 18.2 Å². The van der Waals surface area contributed by atoms with Crippen LogP contribution < -0.4 is 15.0 Å². The van der Waals surface area contributed by atoms with Crippen molar-refractivity contribution in [2.75, 3.05) is 37.6 Å². The molecule has 0 aliphatic carbocycles. The third kappa shape index (κ3) is 7.35. The zero-order chi connectivity index (χ0) is 40.1. The van der Waals surface area contributed by atoms with Crippen LogP contribution in [-0.4, -0.2) is 101 Å². The number of nitrogens with one attached hydrogen (secondary N) is 1. The lowest BCUT2D eigenvalue weighted by molar-refractivity contribution is -0.136. The number of nitrogens with zero attached hydrogens (tertiary/aromatic N) is 5. The molecule has 5 saturated heterocycles. The Kier molecular flexibility index (Phi) is 10.4. The number of amides is 5. The summed E-state index contributed by atoms with van der Waals surface area (Å²) in [6.45, 7) is 12.1. The van der Waals surface area contributed by atoms with Crippen LogP contribution in [0.3, 0.4) is 0 Å². The minimum Gasteiger partial charge on any atom is -0.490 e. The summed E-state index contributed by atoms with van der Waals surface area (Å²) in [5, 5.41) is 2.64. The van der Waals surface area contributed by atoms with Gasteiger partial charge in [-0.3, -0.25) is 34.2 Å². The molecule has 0 radical (unpaired) electrons. The van der Waals surface area contributed by atoms with Gasteiger partial charge in [0.15, 0.2) is 0 Å². The summed E-state index contributed by atoms with van der Waals surface area (Å²) < 4.78 is 6.28. The van der Waals surface area contributed by atoms with Gasteiger partial charge in [-0.05, 0) is 118 Å². The summed E-state index contributed by atoms with van der Waals surface area (Å²) in [6, 6.07) is 18.3. The number of rotatable bonds is 8. The molecule has 0 aromatic heterocycles. The Bertz CT molecular complexity index is 2180. The Balaban J connectivity index is 0.730. The van der Waals surface area contributed by atoms with Crippen molar-refractivity contribution >= 4 is 52.5 Å². The lowest BCUT2D eigenvalue weighted by Gasteiger charge is -2.39. The zero-order valence-corrected chi connectivity index (χ0v) is 33.2. The molecular weight excluding hydrogens is 756 g/mol. The summed E-state index contributed by atoms with van der Waals surface area (Å²) >= 11 is 6.24. The van der Waals surface area contributed by atoms with Gasteiger partial charge in [-0.2, -0.15) is 0 Å². The molecule has 300 valence electrons. The number of fused-ring (bicyclic) bond motifs is 3. The SMILES string of the molecule is [C-]#[N+]c1ccc(OC2CC3CCC(C2)N3C(=O)c2ccc(C3CCN(CC4CCN(c5ccc6c(c5)C(=O)N(C5CCC(=O)NC5=O)C6=O)CC4)CC3)cc2)cc1Cl. The van der Waals surface area contributed by atoms with E-state index in [0.717, 1.165) is 100 Å². The molecule has 3 aromatic rings. The fourth-order valence-corrected chi connectivity index (χ4v) is 10.5. The molecule has 5 amide bonds. The maximum absolute atomic E-state index is 13.8. The number of hydrogen-bond donors (Lipinski definition) is 1. The first-order valence-corrected chi connectivity index (χ1v) is 21.1. The number of anilines is 1. The zero-order valence-electron chi connectivity index (χ0n) is 32.4. The molecule has 3 unspecified atom stereocenters. The number of likely N-dealkylation sites (tertiary alicyclic amines) is 1. The normalized spacial score (nSPS) is 25.5. The molecule has 2 bridgehead atoms. The van der Waals surface area contributed by atoms with E-state index in [9.17, 15) is 24.0 Å². The Hall–Kier alpha value is -5.25. The summed E-state index contributed by atoms with van der Waals surface area (Å²) in [4.78, 5) is 75.8. The second-order valence-electron chi connectivity index (χ2n) is 16.8. The molecule has 6 aliphatic rings. The van der Waals surface area contributed by atoms with Crippen molar-refractivity contribution in [1.82, 2.24) is 20.0 Å². The predicted molar refractivity (Wildman–Crippen MR) is 217 cm³/mol. The van der Waals surface area contributed by atoms with E-state index < -0.39 is 23.8 Å². The number of carbonyl (C=O) groups excluding carboxylic acids is 5. The van der Waals surface area contributed by atoms with E-state index in [1.54, 1.807) is 30.3 Å². The maximum Gasteiger partial charge on any atom is 0.262 e. The molecule has 1 N–H and O–H groups in total. The summed E-state index contributed by atoms with van der Waals surface area (Å²) in [5.74, 6) is -0.103. The summed E-state index contributed by atoms with van der Waals surface area (Å²) in [7, 11) is 0. The third-order valence-electron chi connectivity index (χ3n) is 13.4. The minimum atomic E-state index is -0.965. The molecule has 6 aliphatic heterocycles. The summed E-state index contributed by atoms with van der Waals surface area (Å²) in [6.07, 6.45) is 8.06. The second-order valence-corrected chi connectivity index (χ2v) is 17.2. The molecular formula is C45H47ClN6O6. The smallest absolute Gasteiger partial charge is 0.262 e. The fraction of sp³-hybridized carbons (Fsp3) is 0.467. The van der Waals surface area contributed by atoms with Crippen molar-refractivity contribution in [3.8, 4) is 5.75 Å². The topological polar surface area (TPSA) is 124 Å². The number of halogens is 1. The van der Waals surface area contributed by atoms with E-state index in [2.05, 4.69) is 37.0 Å². The minimum absolute atomic E-state index is 0.0120. The highest BCUT2D eigenvalue weighted by molar-refractivity contribution is 6.33. The van der Waals surface area contributed by atoms with Gasteiger partial charge in [0.1, 0.15) is 17.9 Å². The van der Waals surface area contributed by atoms with Crippen LogP contribution in [0.5, 0.6) is 5.75 Å². The standard InChI is InChI=1S/C45H47ClN6O6/c1-47-39-11-9-34(25-38(39)46)58-35-22-32-6-7-33(23-35)51(32)43(55)30-4-2-28(3-5-30)29-16-18-49(19-17-29)26-27-14-20-50(21-15-27)31-8-10-36-37(24-31)45(57)52(44(36)56)40-12-13-41(53)48-42(40)54/h2-5,8-11,24-25,27,29,32-33,35,40H,6-7,12-23,26H2,(H,48,53,54). The van der Waals surface area contributed by atoms with Gasteiger partial charge in [0.05, 0.1) is 22.7 Å². The lowest BCUT2D eigenvalue weighted by Crippen LogP contribution is -2.54. The molecule has 3 aromatic carbocycles. The van der Waals surface area contributed by atoms with Gasteiger partial charge in [0, 0.05) is 62.2 Å². The molecule has 12 nitrogen and oxygen atoms in total. The van der Waals surface area contributed by atoms with Crippen molar-refractivity contribution in [2.24, 2.45) is 5.92 Å². The molecule has 6 heterocycles. The first-order chi connectivity index (χ1) is 28.1. The van der Waals surface area contributed by atoms with E-state index in [1.165, 1.54) is 5.56 Å². The quantitative estimate of drug-likeness (QED) is 0.200. The van der Waals surface area contributed by atoms with Gasteiger partial charge >= 0.3 is 0 Å². The van der Waals surface area contributed by atoms with Crippen LogP contribution in [0.4, 0.5) is 11.4 Å². The highest BCUT2D eigenvalue weighted by Crippen LogP contribution is 2.40. The fourth-order valence-electron chi connectivity index (χ4n) is 10.3. The Labute approximate surface area is 343 Å². The van der Waals surface area contributed by atoms with Crippen LogP contribution in [0.15, 0.2) is 60.7 Å². The number of piperidine rings is 4. The molecule has 58 heavy (non-hydrogen) atoms. The van der Waals surface area contributed by atoms with E-state index in [0.29, 0.717) is 39.4 Å². The van der Waals surface area contributed by atoms with Crippen LogP contribution in [0.2, 0.25) is 5.02 Å². The Morgan fingerprint density at radius 1 is 0.810 bits per heavy atom. The molecule has 5 fully saturated rings. The van der Waals surface area contributed by atoms with Gasteiger partial charge in [-0.25, -0.2) is 4.85 Å². The van der Waals surface area contributed by atoms with Crippen molar-refractivity contribution in [3.05, 3.63) is 99.4 Å².